The number of likely N-dealkylation sites (tertiary alicyclic amines) is 1. The number of ether oxygens (including phenoxy) is 1. The molecule has 2 saturated heterocycles. The van der Waals surface area contributed by atoms with E-state index in [1.165, 1.54) is 21.1 Å². The molecular formula is C24H36IN5OS. The number of guanidine groups is 1. The highest BCUT2D eigenvalue weighted by Crippen LogP contribution is 2.25. The van der Waals surface area contributed by atoms with Crippen LogP contribution in [0.1, 0.15) is 35.0 Å². The van der Waals surface area contributed by atoms with Gasteiger partial charge in [-0.1, -0.05) is 37.3 Å². The molecule has 0 amide bonds. The van der Waals surface area contributed by atoms with Crippen LogP contribution in [0.4, 0.5) is 0 Å². The fraction of sp³-hybridized carbons (Fsp3) is 0.583. The third-order valence-corrected chi connectivity index (χ3v) is 7.21. The molecule has 6 nitrogen and oxygen atoms in total. The number of benzene rings is 1. The Morgan fingerprint density at radius 1 is 1.25 bits per heavy atom. The Kier molecular flexibility index (Phi) is 9.76. The highest BCUT2D eigenvalue weighted by atomic mass is 127. The van der Waals surface area contributed by atoms with Crippen molar-refractivity contribution < 1.29 is 4.74 Å². The lowest BCUT2D eigenvalue weighted by Crippen LogP contribution is -2.50. The average molecular weight is 570 g/mol. The summed E-state index contributed by atoms with van der Waals surface area (Å²) in [5.41, 5.74) is 2.60. The molecule has 2 unspecified atom stereocenters. The fourth-order valence-corrected chi connectivity index (χ4v) is 5.56. The lowest BCUT2D eigenvalue weighted by atomic mass is 10.1. The first kappa shape index (κ1) is 25.4. The smallest absolute Gasteiger partial charge is 0.194 e. The lowest BCUT2D eigenvalue weighted by Gasteiger charge is -2.36. The summed E-state index contributed by atoms with van der Waals surface area (Å²) < 4.78 is 6.16. The number of nitrogens with zero attached hydrogens (tertiary/aromatic N) is 4. The van der Waals surface area contributed by atoms with Gasteiger partial charge in [0, 0.05) is 50.6 Å². The van der Waals surface area contributed by atoms with E-state index in [2.05, 4.69) is 66.2 Å². The Labute approximate surface area is 213 Å². The maximum atomic E-state index is 6.16. The van der Waals surface area contributed by atoms with Crippen LogP contribution in [-0.2, 0) is 24.1 Å². The number of aromatic nitrogens is 1. The highest BCUT2D eigenvalue weighted by molar-refractivity contribution is 14.0. The zero-order chi connectivity index (χ0) is 21.6. The Morgan fingerprint density at radius 3 is 2.78 bits per heavy atom. The molecule has 0 saturated carbocycles. The topological polar surface area (TPSA) is 53.0 Å². The van der Waals surface area contributed by atoms with Gasteiger partial charge in [-0.2, -0.15) is 0 Å². The van der Waals surface area contributed by atoms with Gasteiger partial charge in [0.15, 0.2) is 5.96 Å². The molecule has 3 heterocycles. The van der Waals surface area contributed by atoms with E-state index in [1.54, 1.807) is 0 Å². The molecule has 1 N–H and O–H groups in total. The molecule has 2 aliphatic heterocycles. The third kappa shape index (κ3) is 6.21. The van der Waals surface area contributed by atoms with E-state index in [0.29, 0.717) is 6.04 Å². The number of rotatable bonds is 7. The van der Waals surface area contributed by atoms with Crippen LogP contribution in [0.15, 0.2) is 35.3 Å². The van der Waals surface area contributed by atoms with E-state index in [9.17, 15) is 0 Å². The van der Waals surface area contributed by atoms with Crippen molar-refractivity contribution in [3.05, 3.63) is 51.5 Å². The van der Waals surface area contributed by atoms with Crippen molar-refractivity contribution in [2.75, 3.05) is 39.3 Å². The molecule has 8 heteroatoms. The van der Waals surface area contributed by atoms with Gasteiger partial charge in [-0.3, -0.25) is 9.89 Å². The summed E-state index contributed by atoms with van der Waals surface area (Å²) in [4.78, 5) is 16.0. The monoisotopic (exact) mass is 569 g/mol. The van der Waals surface area contributed by atoms with Crippen LogP contribution in [0.25, 0.3) is 0 Å². The molecule has 1 aromatic heterocycles. The molecule has 0 bridgehead atoms. The van der Waals surface area contributed by atoms with Crippen molar-refractivity contribution >= 4 is 41.3 Å². The van der Waals surface area contributed by atoms with Gasteiger partial charge in [0.1, 0.15) is 0 Å². The van der Waals surface area contributed by atoms with Crippen LogP contribution in [0.2, 0.25) is 0 Å². The van der Waals surface area contributed by atoms with Crippen molar-refractivity contribution in [2.45, 2.75) is 52.3 Å². The second kappa shape index (κ2) is 12.3. The summed E-state index contributed by atoms with van der Waals surface area (Å²) in [6.07, 6.45) is 2.15. The first-order valence-electron chi connectivity index (χ1n) is 11.6. The molecule has 1 aromatic carbocycles. The number of hydrogen-bond donors (Lipinski definition) is 1. The van der Waals surface area contributed by atoms with Crippen molar-refractivity contribution in [3.8, 4) is 0 Å². The zero-order valence-corrected chi connectivity index (χ0v) is 22.6. The largest absolute Gasteiger partial charge is 0.373 e. The summed E-state index contributed by atoms with van der Waals surface area (Å²) in [6, 6.07) is 11.2. The molecule has 4 rings (SSSR count). The van der Waals surface area contributed by atoms with Crippen molar-refractivity contribution in [3.63, 3.8) is 0 Å². The van der Waals surface area contributed by atoms with Crippen molar-refractivity contribution in [1.82, 2.24) is 20.1 Å². The number of hydrogen-bond acceptors (Lipinski definition) is 5. The number of thiazole rings is 1. The predicted octanol–water partition coefficient (Wildman–Crippen LogP) is 3.73. The van der Waals surface area contributed by atoms with Gasteiger partial charge in [-0.25, -0.2) is 4.98 Å². The Morgan fingerprint density at radius 2 is 2.06 bits per heavy atom. The van der Waals surface area contributed by atoms with Gasteiger partial charge in [-0.15, -0.1) is 35.3 Å². The second-order valence-electron chi connectivity index (χ2n) is 8.29. The van der Waals surface area contributed by atoms with Crippen LogP contribution in [0.3, 0.4) is 0 Å². The van der Waals surface area contributed by atoms with E-state index in [1.807, 2.05) is 11.3 Å². The molecule has 2 aliphatic rings. The molecule has 2 aromatic rings. The standard InChI is InChI=1S/C24H35N5OS.HI/c1-4-20-18(3)31-23(27-20)11-12-26-24(25-5-2)29-16-21-22(17-29)30-14-13-28(21)15-19-9-7-6-8-10-19;/h6-10,21-22H,4-5,11-17H2,1-3H3,(H,25,26);1H. The normalized spacial score (nSPS) is 21.3. The predicted molar refractivity (Wildman–Crippen MR) is 143 cm³/mol. The molecule has 2 fully saturated rings. The number of halogens is 1. The minimum atomic E-state index is 0. The van der Waals surface area contributed by atoms with Gasteiger partial charge < -0.3 is 15.0 Å². The van der Waals surface area contributed by atoms with Crippen LogP contribution in [-0.4, -0.2) is 72.2 Å². The Balaban J connectivity index is 0.00000289. The van der Waals surface area contributed by atoms with Crippen LogP contribution in [0, 0.1) is 6.92 Å². The van der Waals surface area contributed by atoms with Crippen LogP contribution < -0.4 is 5.32 Å². The number of fused-ring (bicyclic) bond motifs is 1. The number of aryl methyl sites for hydroxylation is 2. The van der Waals surface area contributed by atoms with E-state index in [0.717, 1.165) is 64.7 Å². The van der Waals surface area contributed by atoms with Crippen LogP contribution in [0.5, 0.6) is 0 Å². The number of aliphatic imine (C=N–C) groups is 1. The summed E-state index contributed by atoms with van der Waals surface area (Å²) in [6.45, 7) is 12.7. The summed E-state index contributed by atoms with van der Waals surface area (Å²) in [7, 11) is 0. The van der Waals surface area contributed by atoms with Gasteiger partial charge >= 0.3 is 0 Å². The average Bonchev–Trinajstić information content (AvgIpc) is 3.37. The first-order valence-corrected chi connectivity index (χ1v) is 12.4. The molecule has 2 atom stereocenters. The van der Waals surface area contributed by atoms with Gasteiger partial charge in [0.05, 0.1) is 29.5 Å². The minimum Gasteiger partial charge on any atom is -0.373 e. The van der Waals surface area contributed by atoms with Crippen LogP contribution >= 0.6 is 35.3 Å². The Bertz CT molecular complexity index is 875. The van der Waals surface area contributed by atoms with E-state index >= 15 is 0 Å². The second-order valence-corrected chi connectivity index (χ2v) is 9.58. The maximum Gasteiger partial charge on any atom is 0.194 e. The zero-order valence-electron chi connectivity index (χ0n) is 19.4. The number of morpholine rings is 1. The summed E-state index contributed by atoms with van der Waals surface area (Å²) in [5, 5.41) is 4.69. The van der Waals surface area contributed by atoms with E-state index in [-0.39, 0.29) is 30.1 Å². The molecule has 32 heavy (non-hydrogen) atoms. The lowest BCUT2D eigenvalue weighted by molar-refractivity contribution is -0.0502. The summed E-state index contributed by atoms with van der Waals surface area (Å²) in [5.74, 6) is 1.00. The molecule has 0 radical (unpaired) electrons. The van der Waals surface area contributed by atoms with E-state index in [4.69, 9.17) is 14.7 Å². The fourth-order valence-electron chi connectivity index (χ4n) is 4.55. The third-order valence-electron chi connectivity index (χ3n) is 6.14. The summed E-state index contributed by atoms with van der Waals surface area (Å²) >= 11 is 1.81. The van der Waals surface area contributed by atoms with Gasteiger partial charge in [-0.05, 0) is 25.8 Å². The SMILES string of the molecule is CCNC(=NCCc1nc(CC)c(C)s1)N1CC2OCCN(Cc3ccccc3)C2C1.I. The highest BCUT2D eigenvalue weighted by Gasteiger charge is 2.41. The maximum absolute atomic E-state index is 6.16. The molecule has 176 valence electrons. The molecule has 0 spiro atoms. The van der Waals surface area contributed by atoms with Gasteiger partial charge in [0.25, 0.3) is 0 Å². The van der Waals surface area contributed by atoms with E-state index < -0.39 is 0 Å². The van der Waals surface area contributed by atoms with Crippen molar-refractivity contribution in [1.29, 1.82) is 0 Å². The Hall–Kier alpha value is -1.23. The first-order chi connectivity index (χ1) is 15.2. The minimum absolute atomic E-state index is 0. The van der Waals surface area contributed by atoms with Gasteiger partial charge in [0.2, 0.25) is 0 Å². The number of nitrogens with one attached hydrogen (secondary N) is 1. The molecule has 0 aliphatic carbocycles. The quantitative estimate of drug-likeness (QED) is 0.313. The molecular weight excluding hydrogens is 533 g/mol. The van der Waals surface area contributed by atoms with Crippen molar-refractivity contribution in [2.24, 2.45) is 4.99 Å².